The number of rotatable bonds is 7. The number of fused-ring (bicyclic) bond motifs is 1. The van der Waals surface area contributed by atoms with Gasteiger partial charge in [0.15, 0.2) is 0 Å². The highest BCUT2D eigenvalue weighted by Gasteiger charge is 2.22. The molecule has 7 nitrogen and oxygen atoms in total. The number of aromatic nitrogens is 2. The first-order chi connectivity index (χ1) is 14.7. The minimum atomic E-state index is 0.0528. The lowest BCUT2D eigenvalue weighted by Crippen LogP contribution is -2.49. The number of nitrogens with one attached hydrogen (secondary N) is 2. The Morgan fingerprint density at radius 2 is 1.93 bits per heavy atom. The Bertz CT molecular complexity index is 1020. The highest BCUT2D eigenvalue weighted by atomic mass is 16.5. The second kappa shape index (κ2) is 9.11. The minimum Gasteiger partial charge on any atom is -0.383 e. The number of carbonyl (C=O) groups is 1. The Labute approximate surface area is 176 Å². The molecule has 1 amide bonds. The Morgan fingerprint density at radius 1 is 1.17 bits per heavy atom. The monoisotopic (exact) mass is 405 g/mol. The number of aromatic amines is 1. The van der Waals surface area contributed by atoms with Gasteiger partial charge in [-0.05, 0) is 30.3 Å². The normalized spacial score (nSPS) is 14.8. The largest absolute Gasteiger partial charge is 0.383 e. The lowest BCUT2D eigenvalue weighted by atomic mass is 10.1. The Morgan fingerprint density at radius 3 is 2.67 bits per heavy atom. The van der Waals surface area contributed by atoms with Crippen LogP contribution in [-0.2, 0) is 4.74 Å². The molecular weight excluding hydrogens is 378 g/mol. The van der Waals surface area contributed by atoms with Crippen molar-refractivity contribution in [3.05, 3.63) is 66.4 Å². The second-order valence-electron chi connectivity index (χ2n) is 7.43. The molecule has 0 bridgehead atoms. The van der Waals surface area contributed by atoms with Crippen LogP contribution in [-0.4, -0.2) is 72.3 Å². The van der Waals surface area contributed by atoms with Crippen molar-refractivity contribution in [1.29, 1.82) is 0 Å². The highest BCUT2D eigenvalue weighted by Crippen LogP contribution is 2.25. The van der Waals surface area contributed by atoms with Crippen molar-refractivity contribution in [2.24, 2.45) is 0 Å². The summed E-state index contributed by atoms with van der Waals surface area (Å²) in [6, 6.07) is 15.5. The van der Waals surface area contributed by atoms with Gasteiger partial charge in [0.2, 0.25) is 0 Å². The summed E-state index contributed by atoms with van der Waals surface area (Å²) >= 11 is 0. The lowest BCUT2D eigenvalue weighted by molar-refractivity contribution is 0.0594. The molecule has 1 aliphatic rings. The minimum absolute atomic E-state index is 0.0528. The number of amides is 1. The van der Waals surface area contributed by atoms with Gasteiger partial charge in [0.05, 0.1) is 17.8 Å². The van der Waals surface area contributed by atoms with E-state index < -0.39 is 0 Å². The number of carbonyl (C=O) groups excluding carboxylic acids is 1. The van der Waals surface area contributed by atoms with Crippen molar-refractivity contribution >= 4 is 28.2 Å². The molecule has 0 atom stereocenters. The first-order valence-corrected chi connectivity index (χ1v) is 10.2. The maximum atomic E-state index is 13.1. The van der Waals surface area contributed by atoms with E-state index >= 15 is 0 Å². The van der Waals surface area contributed by atoms with E-state index in [1.54, 1.807) is 7.11 Å². The van der Waals surface area contributed by atoms with Gasteiger partial charge in [-0.1, -0.05) is 24.8 Å². The van der Waals surface area contributed by atoms with E-state index in [4.69, 9.17) is 4.74 Å². The Kier molecular flexibility index (Phi) is 6.11. The summed E-state index contributed by atoms with van der Waals surface area (Å²) in [5.41, 5.74) is 3.89. The van der Waals surface area contributed by atoms with Crippen molar-refractivity contribution in [1.82, 2.24) is 20.0 Å². The summed E-state index contributed by atoms with van der Waals surface area (Å²) in [5.74, 6) is 0.0528. The third kappa shape index (κ3) is 4.37. The van der Waals surface area contributed by atoms with E-state index in [-0.39, 0.29) is 5.91 Å². The van der Waals surface area contributed by atoms with Crippen LogP contribution in [0.3, 0.4) is 0 Å². The Hall–Kier alpha value is -3.16. The number of para-hydroxylation sites is 1. The van der Waals surface area contributed by atoms with Crippen LogP contribution in [0.25, 0.3) is 16.6 Å². The van der Waals surface area contributed by atoms with Gasteiger partial charge < -0.3 is 15.0 Å². The molecule has 7 heteroatoms. The third-order valence-corrected chi connectivity index (χ3v) is 5.44. The van der Waals surface area contributed by atoms with Gasteiger partial charge in [0.25, 0.3) is 5.91 Å². The molecule has 2 aromatic carbocycles. The zero-order valence-electron chi connectivity index (χ0n) is 17.2. The molecule has 1 saturated heterocycles. The van der Waals surface area contributed by atoms with E-state index in [1.165, 1.54) is 0 Å². The van der Waals surface area contributed by atoms with Gasteiger partial charge >= 0.3 is 0 Å². The maximum absolute atomic E-state index is 13.1. The molecule has 0 aliphatic carbocycles. The quantitative estimate of drug-likeness (QED) is 0.632. The average Bonchev–Trinajstić information content (AvgIpc) is 3.21. The lowest BCUT2D eigenvalue weighted by Gasteiger charge is -2.34. The topological polar surface area (TPSA) is 73.5 Å². The number of hydrogen-bond donors (Lipinski definition) is 2. The molecule has 0 unspecified atom stereocenters. The molecule has 1 aliphatic heterocycles. The Balaban J connectivity index is 1.48. The van der Waals surface area contributed by atoms with Crippen LogP contribution < -0.4 is 5.32 Å². The van der Waals surface area contributed by atoms with Gasteiger partial charge in [-0.2, -0.15) is 5.10 Å². The zero-order chi connectivity index (χ0) is 20.9. The number of nitrogens with zero attached hydrogens (tertiary/aromatic N) is 3. The number of piperazine rings is 1. The molecule has 2 N–H and O–H groups in total. The fraction of sp³-hybridized carbons (Fsp3) is 0.304. The van der Waals surface area contributed by atoms with Gasteiger partial charge in [0.1, 0.15) is 5.69 Å². The summed E-state index contributed by atoms with van der Waals surface area (Å²) in [7, 11) is 1.71. The summed E-state index contributed by atoms with van der Waals surface area (Å²) in [6.45, 7) is 8.94. The SMILES string of the molecule is C=C(Nc1ccccc1)c1n[nH]c2ccc(C(=O)N3CCN(CCOC)CC3)cc12. The standard InChI is InChI=1S/C23H27N5O2/c1-17(24-19-6-4-3-5-7-19)22-20-16-18(8-9-21(20)25-26-22)23(29)28-12-10-27(11-13-28)14-15-30-2/h3-9,16,24H,1,10-15H2,2H3,(H,25,26). The first kappa shape index (κ1) is 20.1. The summed E-state index contributed by atoms with van der Waals surface area (Å²) in [5, 5.41) is 11.6. The van der Waals surface area contributed by atoms with Crippen molar-refractivity contribution in [2.45, 2.75) is 0 Å². The molecule has 1 fully saturated rings. The molecule has 2 heterocycles. The molecule has 0 saturated carbocycles. The van der Waals surface area contributed by atoms with E-state index in [0.717, 1.165) is 55.9 Å². The molecule has 30 heavy (non-hydrogen) atoms. The fourth-order valence-electron chi connectivity index (χ4n) is 3.71. The van der Waals surface area contributed by atoms with Crippen LogP contribution in [0.1, 0.15) is 16.1 Å². The van der Waals surface area contributed by atoms with Crippen LogP contribution >= 0.6 is 0 Å². The first-order valence-electron chi connectivity index (χ1n) is 10.2. The molecular formula is C23H27N5O2. The van der Waals surface area contributed by atoms with Crippen molar-refractivity contribution in [2.75, 3.05) is 51.8 Å². The average molecular weight is 406 g/mol. The molecule has 1 aromatic heterocycles. The summed E-state index contributed by atoms with van der Waals surface area (Å²) in [6.07, 6.45) is 0. The van der Waals surface area contributed by atoms with E-state index in [0.29, 0.717) is 17.0 Å². The van der Waals surface area contributed by atoms with Gasteiger partial charge in [-0.25, -0.2) is 0 Å². The van der Waals surface area contributed by atoms with Gasteiger partial charge in [0, 0.05) is 56.5 Å². The van der Waals surface area contributed by atoms with E-state index in [9.17, 15) is 4.79 Å². The van der Waals surface area contributed by atoms with Crippen molar-refractivity contribution < 1.29 is 9.53 Å². The van der Waals surface area contributed by atoms with Crippen LogP contribution in [0.5, 0.6) is 0 Å². The van der Waals surface area contributed by atoms with E-state index in [1.807, 2.05) is 53.4 Å². The van der Waals surface area contributed by atoms with Gasteiger partial charge in [-0.3, -0.25) is 14.8 Å². The van der Waals surface area contributed by atoms with Crippen LogP contribution in [0, 0.1) is 0 Å². The maximum Gasteiger partial charge on any atom is 0.253 e. The number of ether oxygens (including phenoxy) is 1. The number of methoxy groups -OCH3 is 1. The molecule has 3 aromatic rings. The fourth-order valence-corrected chi connectivity index (χ4v) is 3.71. The number of anilines is 1. The van der Waals surface area contributed by atoms with Crippen molar-refractivity contribution in [3.8, 4) is 0 Å². The molecule has 0 spiro atoms. The van der Waals surface area contributed by atoms with Crippen molar-refractivity contribution in [3.63, 3.8) is 0 Å². The molecule has 156 valence electrons. The summed E-state index contributed by atoms with van der Waals surface area (Å²) in [4.78, 5) is 17.3. The third-order valence-electron chi connectivity index (χ3n) is 5.44. The van der Waals surface area contributed by atoms with E-state index in [2.05, 4.69) is 27.0 Å². The van der Waals surface area contributed by atoms with Crippen LogP contribution in [0.15, 0.2) is 55.1 Å². The molecule has 4 rings (SSSR count). The highest BCUT2D eigenvalue weighted by molar-refractivity contribution is 6.01. The number of benzene rings is 2. The zero-order valence-corrected chi connectivity index (χ0v) is 17.2. The molecule has 0 radical (unpaired) electrons. The predicted molar refractivity (Wildman–Crippen MR) is 119 cm³/mol. The smallest absolute Gasteiger partial charge is 0.253 e. The van der Waals surface area contributed by atoms with Crippen LogP contribution in [0.4, 0.5) is 5.69 Å². The van der Waals surface area contributed by atoms with Gasteiger partial charge in [-0.15, -0.1) is 0 Å². The number of hydrogen-bond acceptors (Lipinski definition) is 5. The number of H-pyrrole nitrogens is 1. The second-order valence-corrected chi connectivity index (χ2v) is 7.43. The summed E-state index contributed by atoms with van der Waals surface area (Å²) < 4.78 is 5.15. The predicted octanol–water partition coefficient (Wildman–Crippen LogP) is 3.05. The van der Waals surface area contributed by atoms with Crippen LogP contribution in [0.2, 0.25) is 0 Å².